The van der Waals surface area contributed by atoms with Crippen molar-refractivity contribution in [3.63, 3.8) is 0 Å². The highest BCUT2D eigenvalue weighted by molar-refractivity contribution is 5.39. The SMILES string of the molecule is O=[N+]([O-])c1ccccc1CNC1(CO)CC1. The number of hydrogen-bond donors (Lipinski definition) is 2. The van der Waals surface area contributed by atoms with Crippen LogP contribution in [0.3, 0.4) is 0 Å². The second-order valence-electron chi connectivity index (χ2n) is 4.18. The number of aliphatic hydroxyl groups excluding tert-OH is 1. The van der Waals surface area contributed by atoms with Gasteiger partial charge in [-0.25, -0.2) is 0 Å². The quantitative estimate of drug-likeness (QED) is 0.580. The van der Waals surface area contributed by atoms with E-state index in [0.29, 0.717) is 12.1 Å². The maximum absolute atomic E-state index is 10.8. The number of nitrogens with one attached hydrogen (secondary N) is 1. The first-order valence-corrected chi connectivity index (χ1v) is 5.25. The van der Waals surface area contributed by atoms with Gasteiger partial charge in [0.2, 0.25) is 0 Å². The summed E-state index contributed by atoms with van der Waals surface area (Å²) in [6.45, 7) is 0.519. The zero-order chi connectivity index (χ0) is 11.6. The van der Waals surface area contributed by atoms with Crippen molar-refractivity contribution in [2.45, 2.75) is 24.9 Å². The number of para-hydroxylation sites is 1. The molecule has 2 N–H and O–H groups in total. The van der Waals surface area contributed by atoms with Crippen molar-refractivity contribution in [1.82, 2.24) is 5.32 Å². The van der Waals surface area contributed by atoms with Crippen LogP contribution in [-0.2, 0) is 6.54 Å². The van der Waals surface area contributed by atoms with E-state index in [1.165, 1.54) is 6.07 Å². The Morgan fingerprint density at radius 1 is 1.44 bits per heavy atom. The maximum atomic E-state index is 10.8. The van der Waals surface area contributed by atoms with Gasteiger partial charge in [-0.05, 0) is 12.8 Å². The average Bonchev–Trinajstić information content (AvgIpc) is 3.07. The van der Waals surface area contributed by atoms with E-state index < -0.39 is 0 Å². The van der Waals surface area contributed by atoms with E-state index in [0.717, 1.165) is 12.8 Å². The van der Waals surface area contributed by atoms with E-state index in [9.17, 15) is 10.1 Å². The van der Waals surface area contributed by atoms with Crippen LogP contribution < -0.4 is 5.32 Å². The highest BCUT2D eigenvalue weighted by Gasteiger charge is 2.41. The number of nitro groups is 1. The molecule has 0 unspecified atom stereocenters. The van der Waals surface area contributed by atoms with E-state index in [2.05, 4.69) is 5.32 Å². The smallest absolute Gasteiger partial charge is 0.273 e. The molecule has 0 heterocycles. The number of hydrogen-bond acceptors (Lipinski definition) is 4. The summed E-state index contributed by atoms with van der Waals surface area (Å²) in [5.74, 6) is 0. The fraction of sp³-hybridized carbons (Fsp3) is 0.455. The van der Waals surface area contributed by atoms with Crippen molar-refractivity contribution >= 4 is 5.69 Å². The first kappa shape index (κ1) is 11.0. The second kappa shape index (κ2) is 4.19. The van der Waals surface area contributed by atoms with Crippen molar-refractivity contribution < 1.29 is 10.0 Å². The fourth-order valence-electron chi connectivity index (χ4n) is 1.66. The van der Waals surface area contributed by atoms with Gasteiger partial charge in [-0.1, -0.05) is 18.2 Å². The summed E-state index contributed by atoms with van der Waals surface area (Å²) >= 11 is 0. The fourth-order valence-corrected chi connectivity index (χ4v) is 1.66. The third-order valence-electron chi connectivity index (χ3n) is 3.00. The number of nitro benzene ring substituents is 1. The lowest BCUT2D eigenvalue weighted by Gasteiger charge is -2.13. The zero-order valence-corrected chi connectivity index (χ0v) is 8.85. The minimum Gasteiger partial charge on any atom is -0.394 e. The molecule has 5 heteroatoms. The van der Waals surface area contributed by atoms with E-state index in [-0.39, 0.29) is 22.8 Å². The lowest BCUT2D eigenvalue weighted by atomic mass is 10.1. The molecule has 1 aliphatic rings. The Bertz CT molecular complexity index is 402. The molecule has 0 amide bonds. The average molecular weight is 222 g/mol. The van der Waals surface area contributed by atoms with Crippen LogP contribution in [0.5, 0.6) is 0 Å². The number of rotatable bonds is 5. The van der Waals surface area contributed by atoms with Gasteiger partial charge in [-0.15, -0.1) is 0 Å². The van der Waals surface area contributed by atoms with Gasteiger partial charge >= 0.3 is 0 Å². The molecule has 0 spiro atoms. The molecule has 1 fully saturated rings. The minimum absolute atomic E-state index is 0.0909. The van der Waals surface area contributed by atoms with Gasteiger partial charge in [0.1, 0.15) is 0 Å². The van der Waals surface area contributed by atoms with Crippen molar-refractivity contribution in [2.24, 2.45) is 0 Å². The number of benzene rings is 1. The first-order chi connectivity index (χ1) is 7.67. The van der Waals surface area contributed by atoms with E-state index in [1.54, 1.807) is 18.2 Å². The highest BCUT2D eigenvalue weighted by atomic mass is 16.6. The van der Waals surface area contributed by atoms with Crippen molar-refractivity contribution in [3.8, 4) is 0 Å². The molecule has 0 radical (unpaired) electrons. The van der Waals surface area contributed by atoms with Crippen LogP contribution in [0, 0.1) is 10.1 Å². The lowest BCUT2D eigenvalue weighted by Crippen LogP contribution is -2.34. The molecule has 16 heavy (non-hydrogen) atoms. The summed E-state index contributed by atoms with van der Waals surface area (Å²) in [6.07, 6.45) is 1.87. The Labute approximate surface area is 93.2 Å². The van der Waals surface area contributed by atoms with Crippen LogP contribution in [-0.4, -0.2) is 22.2 Å². The van der Waals surface area contributed by atoms with Crippen molar-refractivity contribution in [2.75, 3.05) is 6.61 Å². The molecule has 1 aliphatic carbocycles. The summed E-state index contributed by atoms with van der Waals surface area (Å²) in [6, 6.07) is 6.66. The predicted molar refractivity (Wildman–Crippen MR) is 59.0 cm³/mol. The zero-order valence-electron chi connectivity index (χ0n) is 8.85. The molecule has 1 aromatic rings. The molecule has 0 aliphatic heterocycles. The third-order valence-corrected chi connectivity index (χ3v) is 3.00. The Morgan fingerprint density at radius 2 is 2.12 bits per heavy atom. The maximum Gasteiger partial charge on any atom is 0.273 e. The second-order valence-corrected chi connectivity index (χ2v) is 4.18. The summed E-state index contributed by atoms with van der Waals surface area (Å²) in [5, 5.41) is 23.1. The van der Waals surface area contributed by atoms with Crippen LogP contribution in [0.15, 0.2) is 24.3 Å². The van der Waals surface area contributed by atoms with Gasteiger partial charge in [0, 0.05) is 23.7 Å². The van der Waals surface area contributed by atoms with Crippen LogP contribution in [0.25, 0.3) is 0 Å². The molecule has 0 saturated heterocycles. The topological polar surface area (TPSA) is 75.4 Å². The van der Waals surface area contributed by atoms with Crippen molar-refractivity contribution in [1.29, 1.82) is 0 Å². The lowest BCUT2D eigenvalue weighted by molar-refractivity contribution is -0.385. The van der Waals surface area contributed by atoms with E-state index >= 15 is 0 Å². The monoisotopic (exact) mass is 222 g/mol. The van der Waals surface area contributed by atoms with Crippen molar-refractivity contribution in [3.05, 3.63) is 39.9 Å². The minimum atomic E-state index is -0.379. The van der Waals surface area contributed by atoms with E-state index in [4.69, 9.17) is 5.11 Å². The van der Waals surface area contributed by atoms with Gasteiger partial charge < -0.3 is 10.4 Å². The molecule has 5 nitrogen and oxygen atoms in total. The van der Waals surface area contributed by atoms with Crippen LogP contribution in [0.2, 0.25) is 0 Å². The number of nitrogens with zero attached hydrogens (tertiary/aromatic N) is 1. The third kappa shape index (κ3) is 2.20. The highest BCUT2D eigenvalue weighted by Crippen LogP contribution is 2.35. The molecular weight excluding hydrogens is 208 g/mol. The standard InChI is InChI=1S/C11H14N2O3/c14-8-11(5-6-11)12-7-9-3-1-2-4-10(9)13(15)16/h1-4,12,14H,5-8H2. The molecule has 0 aromatic heterocycles. The summed E-state index contributed by atoms with van der Waals surface area (Å²) in [7, 11) is 0. The van der Waals surface area contributed by atoms with Gasteiger partial charge in [0.25, 0.3) is 5.69 Å². The van der Waals surface area contributed by atoms with Crippen LogP contribution in [0.1, 0.15) is 18.4 Å². The van der Waals surface area contributed by atoms with Gasteiger partial charge in [0.15, 0.2) is 0 Å². The Morgan fingerprint density at radius 3 is 2.69 bits per heavy atom. The molecule has 1 aromatic carbocycles. The summed E-state index contributed by atoms with van der Waals surface area (Å²) in [4.78, 5) is 10.4. The van der Waals surface area contributed by atoms with Gasteiger partial charge in [0.05, 0.1) is 11.5 Å². The molecule has 0 atom stereocenters. The van der Waals surface area contributed by atoms with Crippen LogP contribution >= 0.6 is 0 Å². The Kier molecular flexibility index (Phi) is 2.89. The summed E-state index contributed by atoms with van der Waals surface area (Å²) < 4.78 is 0. The van der Waals surface area contributed by atoms with Gasteiger partial charge in [-0.2, -0.15) is 0 Å². The Hall–Kier alpha value is -1.46. The Balaban J connectivity index is 2.06. The summed E-state index contributed by atoms with van der Waals surface area (Å²) in [5.41, 5.74) is 0.597. The molecule has 86 valence electrons. The molecule has 1 saturated carbocycles. The molecule has 0 bridgehead atoms. The van der Waals surface area contributed by atoms with E-state index in [1.807, 2.05) is 0 Å². The molecule has 2 rings (SSSR count). The van der Waals surface area contributed by atoms with Gasteiger partial charge in [-0.3, -0.25) is 10.1 Å². The predicted octanol–water partition coefficient (Wildman–Crippen LogP) is 1.21. The molecular formula is C11H14N2O3. The largest absolute Gasteiger partial charge is 0.394 e. The number of aliphatic hydroxyl groups is 1. The van der Waals surface area contributed by atoms with Crippen LogP contribution in [0.4, 0.5) is 5.69 Å². The first-order valence-electron chi connectivity index (χ1n) is 5.25. The normalized spacial score (nSPS) is 17.1.